The Hall–Kier alpha value is -1.62. The number of hydrogen-bond acceptors (Lipinski definition) is 4. The van der Waals surface area contributed by atoms with Crippen LogP contribution in [0, 0.1) is 17.8 Å². The molecule has 1 fully saturated rings. The van der Waals surface area contributed by atoms with E-state index in [4.69, 9.17) is 5.11 Å². The van der Waals surface area contributed by atoms with Crippen molar-refractivity contribution in [2.75, 3.05) is 24.4 Å². The summed E-state index contributed by atoms with van der Waals surface area (Å²) in [5, 5.41) is 8.66. The van der Waals surface area contributed by atoms with Crippen molar-refractivity contribution in [2.24, 2.45) is 5.92 Å². The van der Waals surface area contributed by atoms with Crippen LogP contribution in [-0.2, 0) is 10.2 Å². The molecular weight excluding hydrogens is 290 g/mol. The van der Waals surface area contributed by atoms with Crippen LogP contribution in [-0.4, -0.2) is 42.5 Å². The molecule has 0 radical (unpaired) electrons. The largest absolute Gasteiger partial charge is 0.384 e. The Bertz CT molecular complexity index is 649. The number of nitrogens with zero attached hydrogens (tertiary/aromatic N) is 2. The van der Waals surface area contributed by atoms with Gasteiger partial charge in [-0.05, 0) is 36.8 Å². The minimum Gasteiger partial charge on any atom is -0.384 e. The van der Waals surface area contributed by atoms with Crippen LogP contribution in [0.5, 0.6) is 0 Å². The second-order valence-corrected chi connectivity index (χ2v) is 6.75. The summed E-state index contributed by atoms with van der Waals surface area (Å²) in [6, 6.07) is 4.91. The standard InChI is InChI=1S/C14H19N3O3S/c1-12-5-3-9-17(11-12)21(19,20)16-14-8-2-6-13(15-14)7-4-10-18/h2,6,8,12,18H,3,5,9-11H2,1H3,(H,15,16). The Labute approximate surface area is 125 Å². The minimum absolute atomic E-state index is 0.234. The van der Waals surface area contributed by atoms with Crippen molar-refractivity contribution < 1.29 is 13.5 Å². The molecule has 1 saturated heterocycles. The first-order valence-corrected chi connectivity index (χ1v) is 8.30. The lowest BCUT2D eigenvalue weighted by atomic mass is 10.0. The molecule has 2 rings (SSSR count). The molecule has 1 aromatic heterocycles. The van der Waals surface area contributed by atoms with Crippen LogP contribution in [0.2, 0.25) is 0 Å². The van der Waals surface area contributed by atoms with E-state index in [1.807, 2.05) is 6.92 Å². The SMILES string of the molecule is CC1CCCN(S(=O)(=O)Nc2cccc(C#CCO)n2)C1. The van der Waals surface area contributed by atoms with Crippen LogP contribution in [0.1, 0.15) is 25.5 Å². The van der Waals surface area contributed by atoms with Crippen LogP contribution in [0.25, 0.3) is 0 Å². The monoisotopic (exact) mass is 309 g/mol. The van der Waals surface area contributed by atoms with Gasteiger partial charge in [0.25, 0.3) is 0 Å². The van der Waals surface area contributed by atoms with E-state index < -0.39 is 10.2 Å². The highest BCUT2D eigenvalue weighted by Crippen LogP contribution is 2.19. The van der Waals surface area contributed by atoms with E-state index in [0.717, 1.165) is 12.8 Å². The Morgan fingerprint density at radius 2 is 2.33 bits per heavy atom. The molecule has 21 heavy (non-hydrogen) atoms. The number of aliphatic hydroxyl groups excluding tert-OH is 1. The maximum Gasteiger partial charge on any atom is 0.302 e. The summed E-state index contributed by atoms with van der Waals surface area (Å²) in [6.45, 7) is 2.84. The van der Waals surface area contributed by atoms with Gasteiger partial charge in [0.1, 0.15) is 18.1 Å². The molecule has 1 unspecified atom stereocenters. The summed E-state index contributed by atoms with van der Waals surface area (Å²) in [5.74, 6) is 5.73. The van der Waals surface area contributed by atoms with Gasteiger partial charge >= 0.3 is 10.2 Å². The van der Waals surface area contributed by atoms with Crippen LogP contribution in [0.4, 0.5) is 5.82 Å². The molecule has 0 bridgehead atoms. The van der Waals surface area contributed by atoms with Gasteiger partial charge in [0.2, 0.25) is 0 Å². The number of anilines is 1. The molecule has 1 aliphatic heterocycles. The molecule has 0 saturated carbocycles. The van der Waals surface area contributed by atoms with Crippen molar-refractivity contribution in [1.29, 1.82) is 0 Å². The van der Waals surface area contributed by atoms with Gasteiger partial charge in [0.15, 0.2) is 0 Å². The third-order valence-electron chi connectivity index (χ3n) is 3.24. The van der Waals surface area contributed by atoms with Crippen molar-refractivity contribution in [2.45, 2.75) is 19.8 Å². The van der Waals surface area contributed by atoms with Crippen molar-refractivity contribution in [3.63, 3.8) is 0 Å². The van der Waals surface area contributed by atoms with Gasteiger partial charge in [-0.1, -0.05) is 18.9 Å². The fraction of sp³-hybridized carbons (Fsp3) is 0.500. The van der Waals surface area contributed by atoms with Gasteiger partial charge in [-0.2, -0.15) is 12.7 Å². The topological polar surface area (TPSA) is 82.5 Å². The molecule has 114 valence electrons. The molecule has 0 aromatic carbocycles. The summed E-state index contributed by atoms with van der Waals surface area (Å²) in [7, 11) is -3.58. The predicted octanol–water partition coefficient (Wildman–Crippen LogP) is 0.814. The van der Waals surface area contributed by atoms with E-state index in [9.17, 15) is 8.42 Å². The highest BCUT2D eigenvalue weighted by Gasteiger charge is 2.27. The predicted molar refractivity (Wildman–Crippen MR) is 80.7 cm³/mol. The van der Waals surface area contributed by atoms with E-state index in [1.165, 1.54) is 4.31 Å². The van der Waals surface area contributed by atoms with Gasteiger partial charge in [0, 0.05) is 13.1 Å². The smallest absolute Gasteiger partial charge is 0.302 e. The zero-order valence-electron chi connectivity index (χ0n) is 11.9. The second kappa shape index (κ2) is 6.89. The molecule has 0 spiro atoms. The van der Waals surface area contributed by atoms with Crippen molar-refractivity contribution in [3.8, 4) is 11.8 Å². The maximum atomic E-state index is 12.3. The number of piperidine rings is 1. The maximum absolute atomic E-state index is 12.3. The first-order valence-electron chi connectivity index (χ1n) is 6.86. The first kappa shape index (κ1) is 15.8. The van der Waals surface area contributed by atoms with Gasteiger partial charge in [-0.25, -0.2) is 4.98 Å². The molecule has 6 nitrogen and oxygen atoms in total. The van der Waals surface area contributed by atoms with Gasteiger partial charge in [0.05, 0.1) is 0 Å². The van der Waals surface area contributed by atoms with Gasteiger partial charge in [-0.15, -0.1) is 0 Å². The number of aromatic nitrogens is 1. The fourth-order valence-corrected chi connectivity index (χ4v) is 3.58. The Morgan fingerprint density at radius 3 is 3.05 bits per heavy atom. The summed E-state index contributed by atoms with van der Waals surface area (Å²) in [6.07, 6.45) is 1.92. The minimum atomic E-state index is -3.58. The lowest BCUT2D eigenvalue weighted by molar-refractivity contribution is 0.282. The average Bonchev–Trinajstić information content (AvgIpc) is 2.45. The van der Waals surface area contributed by atoms with Crippen molar-refractivity contribution >= 4 is 16.0 Å². The first-order chi connectivity index (χ1) is 10.0. The van der Waals surface area contributed by atoms with Crippen molar-refractivity contribution in [3.05, 3.63) is 23.9 Å². The van der Waals surface area contributed by atoms with Gasteiger partial charge < -0.3 is 5.11 Å². The second-order valence-electron chi connectivity index (χ2n) is 5.08. The third-order valence-corrected chi connectivity index (χ3v) is 4.72. The summed E-state index contributed by atoms with van der Waals surface area (Å²) < 4.78 is 28.6. The van der Waals surface area contributed by atoms with E-state index in [2.05, 4.69) is 21.5 Å². The number of rotatable bonds is 3. The number of hydrogen-bond donors (Lipinski definition) is 2. The van der Waals surface area contributed by atoms with E-state index in [-0.39, 0.29) is 12.4 Å². The van der Waals surface area contributed by atoms with E-state index >= 15 is 0 Å². The van der Waals surface area contributed by atoms with E-state index in [0.29, 0.717) is 24.7 Å². The molecule has 7 heteroatoms. The number of nitrogens with one attached hydrogen (secondary N) is 1. The lowest BCUT2D eigenvalue weighted by Gasteiger charge is -2.29. The molecule has 1 aromatic rings. The van der Waals surface area contributed by atoms with Crippen LogP contribution in [0.15, 0.2) is 18.2 Å². The molecule has 2 N–H and O–H groups in total. The number of aliphatic hydroxyl groups is 1. The quantitative estimate of drug-likeness (QED) is 0.810. The summed E-state index contributed by atoms with van der Waals surface area (Å²) in [5.41, 5.74) is 0.413. The Morgan fingerprint density at radius 1 is 1.52 bits per heavy atom. The number of pyridine rings is 1. The molecular formula is C14H19N3O3S. The molecule has 2 heterocycles. The van der Waals surface area contributed by atoms with Crippen LogP contribution < -0.4 is 4.72 Å². The van der Waals surface area contributed by atoms with Crippen molar-refractivity contribution in [1.82, 2.24) is 9.29 Å². The molecule has 0 aliphatic carbocycles. The summed E-state index contributed by atoms with van der Waals surface area (Å²) in [4.78, 5) is 4.11. The van der Waals surface area contributed by atoms with Crippen LogP contribution >= 0.6 is 0 Å². The van der Waals surface area contributed by atoms with Gasteiger partial charge in [-0.3, -0.25) is 4.72 Å². The lowest BCUT2D eigenvalue weighted by Crippen LogP contribution is -2.42. The zero-order chi connectivity index (χ0) is 15.3. The average molecular weight is 309 g/mol. The Balaban J connectivity index is 2.13. The molecule has 0 amide bonds. The molecule has 1 atom stereocenters. The van der Waals surface area contributed by atoms with Crippen LogP contribution in [0.3, 0.4) is 0 Å². The third kappa shape index (κ3) is 4.43. The highest BCUT2D eigenvalue weighted by molar-refractivity contribution is 7.90. The van der Waals surface area contributed by atoms with E-state index in [1.54, 1.807) is 18.2 Å². The normalized spacial score (nSPS) is 19.6. The zero-order valence-corrected chi connectivity index (χ0v) is 12.7. The molecule has 1 aliphatic rings. The Kier molecular flexibility index (Phi) is 5.17. The highest BCUT2D eigenvalue weighted by atomic mass is 32.2. The fourth-order valence-electron chi connectivity index (χ4n) is 2.25. The summed E-state index contributed by atoms with van der Waals surface area (Å²) >= 11 is 0.